The summed E-state index contributed by atoms with van der Waals surface area (Å²) in [6, 6.07) is 8.55. The van der Waals surface area contributed by atoms with Gasteiger partial charge < -0.3 is 20.1 Å². The second-order valence-electron chi connectivity index (χ2n) is 7.16. The van der Waals surface area contributed by atoms with Crippen LogP contribution in [0.4, 0.5) is 0 Å². The Morgan fingerprint density at radius 2 is 2.07 bits per heavy atom. The summed E-state index contributed by atoms with van der Waals surface area (Å²) >= 11 is 1.80. The highest BCUT2D eigenvalue weighted by Crippen LogP contribution is 2.25. The average Bonchev–Trinajstić information content (AvgIpc) is 3.26. The molecule has 1 atom stereocenters. The van der Waals surface area contributed by atoms with E-state index in [1.54, 1.807) is 18.4 Å². The van der Waals surface area contributed by atoms with Crippen LogP contribution in [0.3, 0.4) is 0 Å². The summed E-state index contributed by atoms with van der Waals surface area (Å²) in [5.41, 5.74) is 1.08. The number of hydrogen-bond donors (Lipinski definition) is 2. The van der Waals surface area contributed by atoms with Gasteiger partial charge in [0.05, 0.1) is 25.4 Å². The van der Waals surface area contributed by atoms with Crippen LogP contribution in [0.5, 0.6) is 5.88 Å². The summed E-state index contributed by atoms with van der Waals surface area (Å²) in [7, 11) is 1.79. The molecule has 3 rings (SSSR count). The number of aromatic nitrogens is 1. The highest BCUT2D eigenvalue weighted by atomic mass is 127. The van der Waals surface area contributed by atoms with Crippen LogP contribution in [0.25, 0.3) is 0 Å². The molecule has 0 aromatic carbocycles. The standard InChI is InChI=1S/C21H31N5O2S.HI/c1-16(2)28-20-7-6-17(13-23-20)14-24-21(22-3)25-15-18(19-5-4-12-29-19)26-8-10-27-11-9-26;/h4-7,12-13,16,18H,8-11,14-15H2,1-3H3,(H2,22,24,25);1H. The Balaban J connectivity index is 0.00000320. The van der Waals surface area contributed by atoms with Crippen molar-refractivity contribution in [3.05, 3.63) is 46.3 Å². The number of guanidine groups is 1. The Morgan fingerprint density at radius 3 is 2.67 bits per heavy atom. The first kappa shape index (κ1) is 24.8. The third-order valence-electron chi connectivity index (χ3n) is 4.66. The largest absolute Gasteiger partial charge is 0.475 e. The zero-order valence-corrected chi connectivity index (χ0v) is 21.0. The molecule has 1 aliphatic heterocycles. The molecule has 0 saturated carbocycles. The van der Waals surface area contributed by atoms with Gasteiger partial charge in [-0.3, -0.25) is 9.89 Å². The van der Waals surface area contributed by atoms with E-state index in [0.717, 1.165) is 44.4 Å². The first-order valence-electron chi connectivity index (χ1n) is 10.1. The van der Waals surface area contributed by atoms with E-state index in [1.807, 2.05) is 32.2 Å². The van der Waals surface area contributed by atoms with Gasteiger partial charge in [0.2, 0.25) is 5.88 Å². The minimum absolute atomic E-state index is 0. The van der Waals surface area contributed by atoms with E-state index in [2.05, 4.69) is 43.0 Å². The lowest BCUT2D eigenvalue weighted by molar-refractivity contribution is 0.0177. The molecule has 0 spiro atoms. The number of ether oxygens (including phenoxy) is 2. The molecule has 0 bridgehead atoms. The summed E-state index contributed by atoms with van der Waals surface area (Å²) < 4.78 is 11.1. The molecule has 1 unspecified atom stereocenters. The maximum Gasteiger partial charge on any atom is 0.213 e. The van der Waals surface area contributed by atoms with Crippen molar-refractivity contribution in [2.45, 2.75) is 32.5 Å². The van der Waals surface area contributed by atoms with Gasteiger partial charge in [0.1, 0.15) is 0 Å². The Bertz CT molecular complexity index is 749. The fraction of sp³-hybridized carbons (Fsp3) is 0.524. The molecule has 2 N–H and O–H groups in total. The second-order valence-corrected chi connectivity index (χ2v) is 8.14. The van der Waals surface area contributed by atoms with Crippen molar-refractivity contribution in [3.8, 4) is 5.88 Å². The fourth-order valence-electron chi connectivity index (χ4n) is 3.21. The van der Waals surface area contributed by atoms with Gasteiger partial charge in [-0.25, -0.2) is 4.98 Å². The first-order valence-corrected chi connectivity index (χ1v) is 10.9. The van der Waals surface area contributed by atoms with Crippen LogP contribution in [0.15, 0.2) is 40.8 Å². The van der Waals surface area contributed by atoms with E-state index < -0.39 is 0 Å². The minimum atomic E-state index is 0. The summed E-state index contributed by atoms with van der Waals surface area (Å²) in [4.78, 5) is 12.6. The number of morpholine rings is 1. The van der Waals surface area contributed by atoms with Crippen LogP contribution >= 0.6 is 35.3 Å². The van der Waals surface area contributed by atoms with Crippen molar-refractivity contribution in [3.63, 3.8) is 0 Å². The summed E-state index contributed by atoms with van der Waals surface area (Å²) in [5.74, 6) is 1.43. The van der Waals surface area contributed by atoms with Gasteiger partial charge in [0, 0.05) is 50.4 Å². The number of pyridine rings is 1. The molecule has 7 nitrogen and oxygen atoms in total. The lowest BCUT2D eigenvalue weighted by Crippen LogP contribution is -2.46. The zero-order valence-electron chi connectivity index (χ0n) is 17.8. The van der Waals surface area contributed by atoms with Crippen LogP contribution in [0, 0.1) is 0 Å². The molecule has 0 radical (unpaired) electrons. The average molecular weight is 545 g/mol. The number of aliphatic imine (C=N–C) groups is 1. The van der Waals surface area contributed by atoms with Crippen LogP contribution < -0.4 is 15.4 Å². The maximum atomic E-state index is 5.59. The summed E-state index contributed by atoms with van der Waals surface area (Å²) in [6.45, 7) is 8.91. The first-order chi connectivity index (χ1) is 14.2. The predicted molar refractivity (Wildman–Crippen MR) is 133 cm³/mol. The van der Waals surface area contributed by atoms with Crippen molar-refractivity contribution in [2.75, 3.05) is 39.9 Å². The Hall–Kier alpha value is -1.43. The number of hydrogen-bond acceptors (Lipinski definition) is 6. The molecule has 1 fully saturated rings. The van der Waals surface area contributed by atoms with E-state index in [0.29, 0.717) is 18.5 Å². The van der Waals surface area contributed by atoms with Gasteiger partial charge in [-0.15, -0.1) is 35.3 Å². The molecule has 0 aliphatic carbocycles. The minimum Gasteiger partial charge on any atom is -0.475 e. The molecular formula is C21H32IN5O2S. The summed E-state index contributed by atoms with van der Waals surface area (Å²) in [5, 5.41) is 8.98. The van der Waals surface area contributed by atoms with Crippen LogP contribution in [-0.4, -0.2) is 61.8 Å². The summed E-state index contributed by atoms with van der Waals surface area (Å²) in [6.07, 6.45) is 1.96. The van der Waals surface area contributed by atoms with Gasteiger partial charge in [0.25, 0.3) is 0 Å². The van der Waals surface area contributed by atoms with Crippen LogP contribution in [0.1, 0.15) is 30.3 Å². The highest BCUT2D eigenvalue weighted by Gasteiger charge is 2.23. The Labute approximate surface area is 200 Å². The lowest BCUT2D eigenvalue weighted by Gasteiger charge is -2.34. The number of thiophene rings is 1. The van der Waals surface area contributed by atoms with Crippen molar-refractivity contribution >= 4 is 41.3 Å². The monoisotopic (exact) mass is 545 g/mol. The molecular weight excluding hydrogens is 513 g/mol. The number of nitrogens with one attached hydrogen (secondary N) is 2. The SMILES string of the molecule is CN=C(NCc1ccc(OC(C)C)nc1)NCC(c1cccs1)N1CCOCC1.I. The van der Waals surface area contributed by atoms with E-state index in [4.69, 9.17) is 9.47 Å². The Morgan fingerprint density at radius 1 is 1.27 bits per heavy atom. The number of halogens is 1. The van der Waals surface area contributed by atoms with Crippen molar-refractivity contribution < 1.29 is 9.47 Å². The topological polar surface area (TPSA) is 71.0 Å². The van der Waals surface area contributed by atoms with E-state index in [9.17, 15) is 0 Å². The molecule has 1 aliphatic rings. The van der Waals surface area contributed by atoms with Crippen LogP contribution in [-0.2, 0) is 11.3 Å². The number of rotatable bonds is 8. The van der Waals surface area contributed by atoms with Gasteiger partial charge in [0.15, 0.2) is 5.96 Å². The molecule has 2 aromatic rings. The molecule has 0 amide bonds. The maximum absolute atomic E-state index is 5.59. The van der Waals surface area contributed by atoms with Crippen molar-refractivity contribution in [1.82, 2.24) is 20.5 Å². The van der Waals surface area contributed by atoms with Crippen molar-refractivity contribution in [2.24, 2.45) is 4.99 Å². The molecule has 1 saturated heterocycles. The van der Waals surface area contributed by atoms with Crippen LogP contribution in [0.2, 0.25) is 0 Å². The molecule has 9 heteroatoms. The molecule has 2 aromatic heterocycles. The highest BCUT2D eigenvalue weighted by molar-refractivity contribution is 14.0. The van der Waals surface area contributed by atoms with Gasteiger partial charge in [-0.1, -0.05) is 12.1 Å². The third kappa shape index (κ3) is 7.68. The lowest BCUT2D eigenvalue weighted by atomic mass is 10.2. The normalized spacial score (nSPS) is 16.1. The smallest absolute Gasteiger partial charge is 0.213 e. The predicted octanol–water partition coefficient (Wildman–Crippen LogP) is 3.29. The second kappa shape index (κ2) is 13.1. The van der Waals surface area contributed by atoms with E-state index in [-0.39, 0.29) is 30.1 Å². The van der Waals surface area contributed by atoms with Gasteiger partial charge in [-0.05, 0) is 30.9 Å². The molecule has 166 valence electrons. The fourth-order valence-corrected chi connectivity index (χ4v) is 4.07. The van der Waals surface area contributed by atoms with Gasteiger partial charge >= 0.3 is 0 Å². The molecule has 30 heavy (non-hydrogen) atoms. The van der Waals surface area contributed by atoms with Gasteiger partial charge in [-0.2, -0.15) is 0 Å². The van der Waals surface area contributed by atoms with E-state index >= 15 is 0 Å². The van der Waals surface area contributed by atoms with E-state index in [1.165, 1.54) is 4.88 Å². The quantitative estimate of drug-likeness (QED) is 0.302. The Kier molecular flexibility index (Phi) is 10.8. The number of nitrogens with zero attached hydrogens (tertiary/aromatic N) is 3. The van der Waals surface area contributed by atoms with Crippen molar-refractivity contribution in [1.29, 1.82) is 0 Å². The third-order valence-corrected chi connectivity index (χ3v) is 5.63. The zero-order chi connectivity index (χ0) is 20.5. The molecule has 3 heterocycles.